The predicted molar refractivity (Wildman–Crippen MR) is 117 cm³/mol. The van der Waals surface area contributed by atoms with E-state index in [9.17, 15) is 9.90 Å². The van der Waals surface area contributed by atoms with Crippen LogP contribution in [0.3, 0.4) is 0 Å². The van der Waals surface area contributed by atoms with E-state index in [1.165, 1.54) is 41.8 Å². The Hall–Kier alpha value is -2.18. The Morgan fingerprint density at radius 2 is 2.17 bits per heavy atom. The molecule has 0 bridgehead atoms. The molecule has 29 heavy (non-hydrogen) atoms. The molecule has 154 valence electrons. The van der Waals surface area contributed by atoms with Crippen molar-refractivity contribution in [2.75, 3.05) is 6.54 Å². The Balaban J connectivity index is 1.86. The molecular formula is C23H29N2O3S+. The van der Waals surface area contributed by atoms with E-state index in [0.717, 1.165) is 29.8 Å². The lowest BCUT2D eigenvalue weighted by atomic mass is 9.97. The Morgan fingerprint density at radius 3 is 2.86 bits per heavy atom. The Labute approximate surface area is 175 Å². The van der Waals surface area contributed by atoms with Crippen LogP contribution in [0.5, 0.6) is 5.75 Å². The summed E-state index contributed by atoms with van der Waals surface area (Å²) in [6.07, 6.45) is 7.00. The number of benzene rings is 1. The Morgan fingerprint density at radius 1 is 1.34 bits per heavy atom. The normalized spacial score (nSPS) is 19.7. The van der Waals surface area contributed by atoms with Crippen LogP contribution >= 0.6 is 11.3 Å². The topological polar surface area (TPSA) is 67.8 Å². The third-order valence-corrected chi connectivity index (χ3v) is 7.21. The number of thiazole rings is 1. The number of hydrogen-bond donors (Lipinski definition) is 2. The highest BCUT2D eigenvalue weighted by Gasteiger charge is 2.28. The van der Waals surface area contributed by atoms with Crippen molar-refractivity contribution in [3.8, 4) is 16.3 Å². The number of aromatic hydroxyl groups is 1. The quantitative estimate of drug-likeness (QED) is 0.667. The van der Waals surface area contributed by atoms with E-state index in [2.05, 4.69) is 11.9 Å². The first-order valence-electron chi connectivity index (χ1n) is 10.6. The molecule has 1 aliphatic rings. The molecule has 6 heteroatoms. The molecule has 2 N–H and O–H groups in total. The van der Waals surface area contributed by atoms with Crippen molar-refractivity contribution in [3.63, 3.8) is 0 Å². The summed E-state index contributed by atoms with van der Waals surface area (Å²) in [7, 11) is 0. The molecule has 3 aromatic rings. The van der Waals surface area contributed by atoms with Crippen LogP contribution in [0.15, 0.2) is 26.9 Å². The number of nitrogens with zero attached hydrogens (tertiary/aromatic N) is 1. The predicted octanol–water partition coefficient (Wildman–Crippen LogP) is 3.84. The molecule has 5 nitrogen and oxygen atoms in total. The summed E-state index contributed by atoms with van der Waals surface area (Å²) in [6.45, 7) is 7.94. The van der Waals surface area contributed by atoms with Gasteiger partial charge in [0, 0.05) is 11.1 Å². The highest BCUT2D eigenvalue weighted by Crippen LogP contribution is 2.32. The second kappa shape index (κ2) is 8.28. The summed E-state index contributed by atoms with van der Waals surface area (Å²) in [6, 6.07) is 2.39. The summed E-state index contributed by atoms with van der Waals surface area (Å²) in [5.41, 5.74) is 3.41. The average molecular weight is 414 g/mol. The highest BCUT2D eigenvalue weighted by molar-refractivity contribution is 7.13. The maximum Gasteiger partial charge on any atom is 0.202 e. The van der Waals surface area contributed by atoms with Crippen LogP contribution in [0.25, 0.3) is 21.5 Å². The molecule has 0 saturated carbocycles. The second-order valence-electron chi connectivity index (χ2n) is 8.05. The molecule has 1 saturated heterocycles. The zero-order chi connectivity index (χ0) is 20.5. The van der Waals surface area contributed by atoms with Gasteiger partial charge in [-0.1, -0.05) is 13.8 Å². The summed E-state index contributed by atoms with van der Waals surface area (Å²) < 4.78 is 6.00. The lowest BCUT2D eigenvalue weighted by Crippen LogP contribution is -3.15. The molecular weight excluding hydrogens is 384 g/mol. The van der Waals surface area contributed by atoms with E-state index < -0.39 is 0 Å². The van der Waals surface area contributed by atoms with Gasteiger partial charge in [-0.15, -0.1) is 11.3 Å². The number of likely N-dealkylation sites (tertiary alicyclic amines) is 1. The molecule has 0 amide bonds. The van der Waals surface area contributed by atoms with Crippen LogP contribution in [0.2, 0.25) is 0 Å². The van der Waals surface area contributed by atoms with E-state index in [-0.39, 0.29) is 11.2 Å². The van der Waals surface area contributed by atoms with Gasteiger partial charge in [-0.2, -0.15) is 0 Å². The number of rotatable bonds is 5. The van der Waals surface area contributed by atoms with Gasteiger partial charge in [0.05, 0.1) is 29.1 Å². The first kappa shape index (κ1) is 20.1. The van der Waals surface area contributed by atoms with Gasteiger partial charge in [-0.05, 0) is 50.7 Å². The van der Waals surface area contributed by atoms with Gasteiger partial charge >= 0.3 is 0 Å². The number of fused-ring (bicyclic) bond motifs is 1. The summed E-state index contributed by atoms with van der Waals surface area (Å²) >= 11 is 1.45. The number of aryl methyl sites for hydroxylation is 2. The van der Waals surface area contributed by atoms with Crippen molar-refractivity contribution in [2.24, 2.45) is 0 Å². The number of aromatic nitrogens is 1. The van der Waals surface area contributed by atoms with Crippen molar-refractivity contribution < 1.29 is 14.4 Å². The standard InChI is InChI=1S/C23H28N2O3S/c1-4-15-10-17-21(27)19(23-24-14(3)13-29-23)12-28-22(17)18(20(15)26)11-25-9-7-6-8-16(25)5-2/h10,12-13,16,26H,4-9,11H2,1-3H3/p+1/t16-/m0/s1. The van der Waals surface area contributed by atoms with Crippen LogP contribution in [0, 0.1) is 6.92 Å². The molecule has 2 atom stereocenters. The first-order chi connectivity index (χ1) is 14.0. The van der Waals surface area contributed by atoms with Gasteiger partial charge < -0.3 is 14.4 Å². The van der Waals surface area contributed by atoms with Crippen LogP contribution in [0.4, 0.5) is 0 Å². The minimum absolute atomic E-state index is 0.0720. The molecule has 2 aromatic heterocycles. The van der Waals surface area contributed by atoms with E-state index in [1.54, 1.807) is 6.07 Å². The first-order valence-corrected chi connectivity index (χ1v) is 11.5. The molecule has 1 unspecified atom stereocenters. The molecule has 1 aliphatic heterocycles. The minimum Gasteiger partial charge on any atom is -0.507 e. The molecule has 3 heterocycles. The second-order valence-corrected chi connectivity index (χ2v) is 8.91. The van der Waals surface area contributed by atoms with Crippen LogP contribution in [-0.2, 0) is 13.0 Å². The minimum atomic E-state index is -0.0720. The fourth-order valence-electron chi connectivity index (χ4n) is 4.55. The largest absolute Gasteiger partial charge is 0.507 e. The smallest absolute Gasteiger partial charge is 0.202 e. The number of nitrogens with one attached hydrogen (secondary N) is 1. The van der Waals surface area contributed by atoms with E-state index >= 15 is 0 Å². The van der Waals surface area contributed by atoms with Crippen molar-refractivity contribution in [2.45, 2.75) is 65.5 Å². The van der Waals surface area contributed by atoms with Gasteiger partial charge in [0.15, 0.2) is 0 Å². The third-order valence-electron chi connectivity index (χ3n) is 6.22. The molecule has 0 radical (unpaired) electrons. The zero-order valence-electron chi connectivity index (χ0n) is 17.4. The maximum atomic E-state index is 13.3. The fraction of sp³-hybridized carbons (Fsp3) is 0.478. The van der Waals surface area contributed by atoms with Crippen LogP contribution in [0.1, 0.15) is 56.4 Å². The number of quaternary nitrogens is 1. The van der Waals surface area contributed by atoms with Gasteiger partial charge in [-0.3, -0.25) is 4.79 Å². The molecule has 0 spiro atoms. The third kappa shape index (κ3) is 3.71. The van der Waals surface area contributed by atoms with Crippen molar-refractivity contribution in [1.82, 2.24) is 4.98 Å². The Kier molecular flexibility index (Phi) is 5.74. The molecule has 1 fully saturated rings. The average Bonchev–Trinajstić information content (AvgIpc) is 3.16. The lowest BCUT2D eigenvalue weighted by Gasteiger charge is -2.32. The number of phenols is 1. The van der Waals surface area contributed by atoms with E-state index in [0.29, 0.717) is 40.5 Å². The fourth-order valence-corrected chi connectivity index (χ4v) is 5.35. The van der Waals surface area contributed by atoms with Crippen molar-refractivity contribution >= 4 is 22.3 Å². The maximum absolute atomic E-state index is 13.3. The van der Waals surface area contributed by atoms with Crippen molar-refractivity contribution in [3.05, 3.63) is 44.8 Å². The van der Waals surface area contributed by atoms with E-state index in [1.807, 2.05) is 19.2 Å². The summed E-state index contributed by atoms with van der Waals surface area (Å²) in [5, 5.41) is 14.1. The van der Waals surface area contributed by atoms with Gasteiger partial charge in [0.25, 0.3) is 0 Å². The molecule has 0 aliphatic carbocycles. The van der Waals surface area contributed by atoms with Crippen LogP contribution < -0.4 is 10.3 Å². The molecule has 4 rings (SSSR count). The molecule has 1 aromatic carbocycles. The number of phenolic OH excluding ortho intramolecular Hbond substituents is 1. The van der Waals surface area contributed by atoms with Crippen LogP contribution in [-0.4, -0.2) is 22.7 Å². The Bertz CT molecular complexity index is 1090. The van der Waals surface area contributed by atoms with Gasteiger partial charge in [0.1, 0.15) is 29.1 Å². The number of piperidine rings is 1. The SMILES string of the molecule is CCc1cc2c(=O)c(-c3nc(C)cs3)coc2c(C[NH+]2CCCC[C@@H]2CC)c1O. The van der Waals surface area contributed by atoms with E-state index in [4.69, 9.17) is 4.42 Å². The summed E-state index contributed by atoms with van der Waals surface area (Å²) in [4.78, 5) is 19.2. The summed E-state index contributed by atoms with van der Waals surface area (Å²) in [5.74, 6) is 0.286. The van der Waals surface area contributed by atoms with Gasteiger partial charge in [-0.25, -0.2) is 4.98 Å². The van der Waals surface area contributed by atoms with Gasteiger partial charge in [0.2, 0.25) is 5.43 Å². The zero-order valence-corrected chi connectivity index (χ0v) is 18.2. The monoisotopic (exact) mass is 413 g/mol. The van der Waals surface area contributed by atoms with Crippen molar-refractivity contribution in [1.29, 1.82) is 0 Å². The highest BCUT2D eigenvalue weighted by atomic mass is 32.1. The lowest BCUT2D eigenvalue weighted by molar-refractivity contribution is -0.944. The number of hydrogen-bond acceptors (Lipinski definition) is 5.